The zero-order valence-electron chi connectivity index (χ0n) is 15.5. The summed E-state index contributed by atoms with van der Waals surface area (Å²) < 4.78 is 7.32. The number of nitrogens with zero attached hydrogens (tertiary/aromatic N) is 2. The Labute approximate surface area is 148 Å². The molecule has 2 rings (SSSR count). The van der Waals surface area contributed by atoms with Crippen molar-refractivity contribution in [3.63, 3.8) is 0 Å². The second kappa shape index (κ2) is 7.70. The molecule has 2 N–H and O–H groups in total. The highest BCUT2D eigenvalue weighted by Gasteiger charge is 2.17. The number of hydrogen-bond acceptors (Lipinski definition) is 4. The van der Waals surface area contributed by atoms with Gasteiger partial charge in [0.05, 0.1) is 29.5 Å². The Hall–Kier alpha value is -2.34. The Bertz CT molecular complexity index is 699. The van der Waals surface area contributed by atoms with Crippen LogP contribution in [0.3, 0.4) is 0 Å². The maximum absolute atomic E-state index is 12.2. The molecule has 1 aromatic carbocycles. The van der Waals surface area contributed by atoms with Crippen LogP contribution in [0, 0.1) is 0 Å². The number of aliphatic hydroxyl groups is 1. The van der Waals surface area contributed by atoms with Crippen molar-refractivity contribution in [3.8, 4) is 5.75 Å². The van der Waals surface area contributed by atoms with Crippen molar-refractivity contribution in [2.45, 2.75) is 52.4 Å². The molecule has 1 heterocycles. The van der Waals surface area contributed by atoms with E-state index in [4.69, 9.17) is 4.74 Å². The number of aromatic nitrogens is 2. The molecule has 0 fully saturated rings. The van der Waals surface area contributed by atoms with Gasteiger partial charge in [-0.1, -0.05) is 12.1 Å². The van der Waals surface area contributed by atoms with Crippen molar-refractivity contribution in [2.24, 2.45) is 0 Å². The summed E-state index contributed by atoms with van der Waals surface area (Å²) in [6, 6.07) is 7.22. The molecule has 0 aliphatic carbocycles. The second-order valence-corrected chi connectivity index (χ2v) is 7.31. The first kappa shape index (κ1) is 19.0. The highest BCUT2D eigenvalue weighted by Crippen LogP contribution is 2.18. The average molecular weight is 345 g/mol. The first-order chi connectivity index (χ1) is 11.7. The highest BCUT2D eigenvalue weighted by molar-refractivity contribution is 5.93. The third kappa shape index (κ3) is 5.32. The van der Waals surface area contributed by atoms with Crippen LogP contribution in [-0.2, 0) is 5.54 Å². The van der Waals surface area contributed by atoms with Gasteiger partial charge in [0.2, 0.25) is 0 Å². The molecule has 0 aliphatic rings. The largest absolute Gasteiger partial charge is 0.491 e. The molecule has 0 saturated carbocycles. The summed E-state index contributed by atoms with van der Waals surface area (Å²) in [7, 11) is 0. The number of benzene rings is 1. The van der Waals surface area contributed by atoms with Crippen molar-refractivity contribution in [3.05, 3.63) is 47.8 Å². The van der Waals surface area contributed by atoms with Gasteiger partial charge in [-0.05, 0) is 52.3 Å². The molecular weight excluding hydrogens is 318 g/mol. The van der Waals surface area contributed by atoms with E-state index in [2.05, 4.69) is 10.4 Å². The maximum atomic E-state index is 12.2. The van der Waals surface area contributed by atoms with Crippen LogP contribution in [0.15, 0.2) is 36.7 Å². The maximum Gasteiger partial charge on any atom is 0.254 e. The molecule has 0 radical (unpaired) electrons. The molecule has 6 heteroatoms. The second-order valence-electron chi connectivity index (χ2n) is 7.31. The summed E-state index contributed by atoms with van der Waals surface area (Å²) in [6.45, 7) is 10.1. The van der Waals surface area contributed by atoms with Crippen LogP contribution in [-0.4, -0.2) is 33.4 Å². The third-order valence-corrected chi connectivity index (χ3v) is 3.62. The molecule has 0 spiro atoms. The normalized spacial score (nSPS) is 12.9. The number of nitrogens with one attached hydrogen (secondary N) is 1. The van der Waals surface area contributed by atoms with E-state index in [1.54, 1.807) is 23.0 Å². The standard InChI is InChI=1S/C19H27N3O3/c1-13(2)25-16-8-6-14(7-9-16)17(23)11-20-18(24)15-10-21-22(12-15)19(3,4)5/h6-10,12-13,17,23H,11H2,1-5H3,(H,20,24). The Balaban J connectivity index is 1.91. The molecule has 25 heavy (non-hydrogen) atoms. The van der Waals surface area contributed by atoms with E-state index in [1.807, 2.05) is 46.8 Å². The van der Waals surface area contributed by atoms with E-state index < -0.39 is 6.10 Å². The molecule has 0 bridgehead atoms. The number of carbonyl (C=O) groups is 1. The van der Waals surface area contributed by atoms with Crippen molar-refractivity contribution < 1.29 is 14.6 Å². The fourth-order valence-electron chi connectivity index (χ4n) is 2.26. The number of amides is 1. The lowest BCUT2D eigenvalue weighted by Gasteiger charge is -2.18. The van der Waals surface area contributed by atoms with Gasteiger partial charge < -0.3 is 15.2 Å². The zero-order chi connectivity index (χ0) is 18.6. The van der Waals surface area contributed by atoms with E-state index >= 15 is 0 Å². The van der Waals surface area contributed by atoms with Crippen LogP contribution in [0.25, 0.3) is 0 Å². The monoisotopic (exact) mass is 345 g/mol. The van der Waals surface area contributed by atoms with Crippen molar-refractivity contribution in [1.82, 2.24) is 15.1 Å². The Morgan fingerprint density at radius 2 is 1.92 bits per heavy atom. The van der Waals surface area contributed by atoms with Gasteiger partial charge in [-0.15, -0.1) is 0 Å². The fourth-order valence-corrected chi connectivity index (χ4v) is 2.26. The van der Waals surface area contributed by atoms with Gasteiger partial charge in [0.25, 0.3) is 5.91 Å². The lowest BCUT2D eigenvalue weighted by atomic mass is 10.1. The molecule has 1 unspecified atom stereocenters. The summed E-state index contributed by atoms with van der Waals surface area (Å²) in [4.78, 5) is 12.2. The third-order valence-electron chi connectivity index (χ3n) is 3.62. The fraction of sp³-hybridized carbons (Fsp3) is 0.474. The molecule has 136 valence electrons. The number of aliphatic hydroxyl groups excluding tert-OH is 1. The van der Waals surface area contributed by atoms with Crippen LogP contribution < -0.4 is 10.1 Å². The van der Waals surface area contributed by atoms with Gasteiger partial charge in [0.1, 0.15) is 5.75 Å². The van der Waals surface area contributed by atoms with E-state index in [-0.39, 0.29) is 24.1 Å². The first-order valence-corrected chi connectivity index (χ1v) is 8.45. The quantitative estimate of drug-likeness (QED) is 0.844. The van der Waals surface area contributed by atoms with E-state index in [0.717, 1.165) is 11.3 Å². The summed E-state index contributed by atoms with van der Waals surface area (Å²) >= 11 is 0. The molecule has 0 saturated heterocycles. The minimum atomic E-state index is -0.783. The van der Waals surface area contributed by atoms with Crippen LogP contribution in [0.2, 0.25) is 0 Å². The van der Waals surface area contributed by atoms with Gasteiger partial charge in [0.15, 0.2) is 0 Å². The average Bonchev–Trinajstić information content (AvgIpc) is 3.02. The summed E-state index contributed by atoms with van der Waals surface area (Å²) in [5, 5.41) is 17.2. The summed E-state index contributed by atoms with van der Waals surface area (Å²) in [6.07, 6.45) is 2.56. The number of ether oxygens (including phenoxy) is 1. The summed E-state index contributed by atoms with van der Waals surface area (Å²) in [5.41, 5.74) is 1.02. The smallest absolute Gasteiger partial charge is 0.254 e. The van der Waals surface area contributed by atoms with Crippen molar-refractivity contribution >= 4 is 5.91 Å². The van der Waals surface area contributed by atoms with Crippen molar-refractivity contribution in [2.75, 3.05) is 6.54 Å². The SMILES string of the molecule is CC(C)Oc1ccc(C(O)CNC(=O)c2cnn(C(C)(C)C)c2)cc1. The lowest BCUT2D eigenvalue weighted by molar-refractivity contribution is 0.0916. The predicted octanol–water partition coefficient (Wildman–Crippen LogP) is 2.89. The van der Waals surface area contributed by atoms with Crippen LogP contribution in [0.1, 0.15) is 56.6 Å². The zero-order valence-corrected chi connectivity index (χ0v) is 15.5. The van der Waals surface area contributed by atoms with Gasteiger partial charge in [-0.3, -0.25) is 9.48 Å². The highest BCUT2D eigenvalue weighted by atomic mass is 16.5. The summed E-state index contributed by atoms with van der Waals surface area (Å²) in [5.74, 6) is 0.499. The van der Waals surface area contributed by atoms with E-state index in [9.17, 15) is 9.90 Å². The minimum Gasteiger partial charge on any atom is -0.491 e. The van der Waals surface area contributed by atoms with Gasteiger partial charge >= 0.3 is 0 Å². The Morgan fingerprint density at radius 3 is 2.44 bits per heavy atom. The van der Waals surface area contributed by atoms with Gasteiger partial charge in [-0.2, -0.15) is 5.10 Å². The molecule has 1 atom stereocenters. The molecule has 1 aromatic heterocycles. The molecule has 0 aliphatic heterocycles. The molecule has 6 nitrogen and oxygen atoms in total. The molecule has 2 aromatic rings. The minimum absolute atomic E-state index is 0.101. The van der Waals surface area contributed by atoms with E-state index in [0.29, 0.717) is 5.56 Å². The number of carbonyl (C=O) groups excluding carboxylic acids is 1. The molecule has 1 amide bonds. The van der Waals surface area contributed by atoms with Crippen LogP contribution in [0.5, 0.6) is 5.75 Å². The number of hydrogen-bond donors (Lipinski definition) is 2. The number of rotatable bonds is 6. The molecular formula is C19H27N3O3. The predicted molar refractivity (Wildman–Crippen MR) is 96.7 cm³/mol. The topological polar surface area (TPSA) is 76.4 Å². The van der Waals surface area contributed by atoms with E-state index in [1.165, 1.54) is 6.20 Å². The van der Waals surface area contributed by atoms with Gasteiger partial charge in [0, 0.05) is 12.7 Å². The van der Waals surface area contributed by atoms with Crippen molar-refractivity contribution in [1.29, 1.82) is 0 Å². The Kier molecular flexibility index (Phi) is 5.85. The van der Waals surface area contributed by atoms with Crippen LogP contribution >= 0.6 is 0 Å². The Morgan fingerprint density at radius 1 is 1.28 bits per heavy atom. The van der Waals surface area contributed by atoms with Gasteiger partial charge in [-0.25, -0.2) is 0 Å². The first-order valence-electron chi connectivity index (χ1n) is 8.45. The van der Waals surface area contributed by atoms with Crippen LogP contribution in [0.4, 0.5) is 0 Å². The lowest BCUT2D eigenvalue weighted by Crippen LogP contribution is -2.28.